The van der Waals surface area contributed by atoms with Gasteiger partial charge in [-0.2, -0.15) is 0 Å². The van der Waals surface area contributed by atoms with E-state index in [1.165, 1.54) is 4.31 Å². The smallest absolute Gasteiger partial charge is 0.253 e. The largest absolute Gasteiger partial charge is 0.345 e. The van der Waals surface area contributed by atoms with Gasteiger partial charge in [-0.25, -0.2) is 8.42 Å². The SMILES string of the molecule is Cc1cccc(N(CCCC(=O)Nc2ccccc2C(=O)NC(C)c2ccccc2)S(C)(=O)=O)c1. The summed E-state index contributed by atoms with van der Waals surface area (Å²) in [5, 5.41) is 5.76. The number of carbonyl (C=O) groups is 2. The molecule has 0 aliphatic heterocycles. The Hall–Kier alpha value is -3.65. The van der Waals surface area contributed by atoms with Crippen molar-refractivity contribution in [3.63, 3.8) is 0 Å². The highest BCUT2D eigenvalue weighted by atomic mass is 32.2. The van der Waals surface area contributed by atoms with Crippen LogP contribution in [-0.4, -0.2) is 33.0 Å². The molecule has 0 fully saturated rings. The number of hydrogen-bond acceptors (Lipinski definition) is 4. The van der Waals surface area contributed by atoms with Gasteiger partial charge in [0.15, 0.2) is 0 Å². The normalized spacial score (nSPS) is 12.0. The molecule has 0 aliphatic carbocycles. The number of nitrogens with one attached hydrogen (secondary N) is 2. The summed E-state index contributed by atoms with van der Waals surface area (Å²) in [6, 6.07) is 23.5. The van der Waals surface area contributed by atoms with Crippen LogP contribution in [-0.2, 0) is 14.8 Å². The maximum absolute atomic E-state index is 12.9. The first-order chi connectivity index (χ1) is 16.6. The highest BCUT2D eigenvalue weighted by Gasteiger charge is 2.19. The van der Waals surface area contributed by atoms with Crippen molar-refractivity contribution in [2.24, 2.45) is 0 Å². The van der Waals surface area contributed by atoms with Crippen molar-refractivity contribution in [2.45, 2.75) is 32.7 Å². The maximum Gasteiger partial charge on any atom is 0.253 e. The third kappa shape index (κ3) is 7.42. The van der Waals surface area contributed by atoms with E-state index in [2.05, 4.69) is 10.6 Å². The molecule has 3 aromatic rings. The van der Waals surface area contributed by atoms with E-state index in [-0.39, 0.29) is 30.8 Å². The molecule has 3 rings (SSSR count). The first-order valence-corrected chi connectivity index (χ1v) is 13.3. The average Bonchev–Trinajstić information content (AvgIpc) is 2.82. The lowest BCUT2D eigenvalue weighted by molar-refractivity contribution is -0.116. The summed E-state index contributed by atoms with van der Waals surface area (Å²) in [5.74, 6) is -0.584. The highest BCUT2D eigenvalue weighted by Crippen LogP contribution is 2.21. The van der Waals surface area contributed by atoms with Gasteiger partial charge in [0.05, 0.1) is 29.2 Å². The highest BCUT2D eigenvalue weighted by molar-refractivity contribution is 7.92. The Kier molecular flexibility index (Phi) is 8.65. The zero-order chi connectivity index (χ0) is 25.4. The van der Waals surface area contributed by atoms with Gasteiger partial charge in [-0.1, -0.05) is 54.6 Å². The lowest BCUT2D eigenvalue weighted by Gasteiger charge is -2.22. The molecule has 2 N–H and O–H groups in total. The molecule has 0 aromatic heterocycles. The summed E-state index contributed by atoms with van der Waals surface area (Å²) in [5.41, 5.74) is 3.27. The molecule has 1 unspecified atom stereocenters. The predicted molar refractivity (Wildman–Crippen MR) is 140 cm³/mol. The number of amides is 2. The molecule has 3 aromatic carbocycles. The van der Waals surface area contributed by atoms with E-state index < -0.39 is 10.0 Å². The molecule has 7 nitrogen and oxygen atoms in total. The minimum absolute atomic E-state index is 0.105. The number of anilines is 2. The van der Waals surface area contributed by atoms with Crippen molar-refractivity contribution < 1.29 is 18.0 Å². The van der Waals surface area contributed by atoms with Crippen LogP contribution in [0, 0.1) is 6.92 Å². The Morgan fingerprint density at radius 1 is 0.943 bits per heavy atom. The second-order valence-corrected chi connectivity index (χ2v) is 10.4. The van der Waals surface area contributed by atoms with Crippen molar-refractivity contribution in [3.8, 4) is 0 Å². The molecule has 0 saturated heterocycles. The van der Waals surface area contributed by atoms with E-state index in [4.69, 9.17) is 0 Å². The first kappa shape index (κ1) is 26.0. The van der Waals surface area contributed by atoms with Crippen LogP contribution in [0.25, 0.3) is 0 Å². The minimum Gasteiger partial charge on any atom is -0.345 e. The van der Waals surface area contributed by atoms with Crippen molar-refractivity contribution >= 4 is 33.2 Å². The molecule has 0 spiro atoms. The van der Waals surface area contributed by atoms with Crippen molar-refractivity contribution in [3.05, 3.63) is 95.6 Å². The number of aryl methyl sites for hydroxylation is 1. The van der Waals surface area contributed by atoms with Crippen LogP contribution in [0.4, 0.5) is 11.4 Å². The van der Waals surface area contributed by atoms with E-state index in [1.54, 1.807) is 42.5 Å². The number of rotatable bonds is 10. The van der Waals surface area contributed by atoms with Crippen molar-refractivity contribution in [1.82, 2.24) is 5.32 Å². The van der Waals surface area contributed by atoms with Gasteiger partial charge in [0.1, 0.15) is 0 Å². The van der Waals surface area contributed by atoms with Gasteiger partial charge < -0.3 is 10.6 Å². The number of sulfonamides is 1. The van der Waals surface area contributed by atoms with Crippen LogP contribution < -0.4 is 14.9 Å². The molecule has 184 valence electrons. The van der Waals surface area contributed by atoms with Gasteiger partial charge in [-0.05, 0) is 55.7 Å². The number of hydrogen-bond donors (Lipinski definition) is 2. The van der Waals surface area contributed by atoms with Gasteiger partial charge in [0, 0.05) is 13.0 Å². The topological polar surface area (TPSA) is 95.6 Å². The molecule has 2 amide bonds. The van der Waals surface area contributed by atoms with E-state index in [0.29, 0.717) is 23.4 Å². The van der Waals surface area contributed by atoms with Crippen LogP contribution in [0.2, 0.25) is 0 Å². The number of benzene rings is 3. The Morgan fingerprint density at radius 2 is 1.63 bits per heavy atom. The van der Waals surface area contributed by atoms with Crippen LogP contribution in [0.1, 0.15) is 47.3 Å². The summed E-state index contributed by atoms with van der Waals surface area (Å²) in [6.07, 6.45) is 1.58. The Bertz CT molecular complexity index is 1280. The monoisotopic (exact) mass is 493 g/mol. The van der Waals surface area contributed by atoms with Gasteiger partial charge in [0.2, 0.25) is 15.9 Å². The molecule has 0 aliphatic rings. The van der Waals surface area contributed by atoms with Crippen molar-refractivity contribution in [2.75, 3.05) is 22.4 Å². The minimum atomic E-state index is -3.50. The number of para-hydroxylation sites is 1. The molecule has 0 bridgehead atoms. The zero-order valence-corrected chi connectivity index (χ0v) is 21.0. The first-order valence-electron chi connectivity index (χ1n) is 11.4. The summed E-state index contributed by atoms with van der Waals surface area (Å²) >= 11 is 0. The van der Waals surface area contributed by atoms with E-state index in [0.717, 1.165) is 17.4 Å². The third-order valence-electron chi connectivity index (χ3n) is 5.55. The van der Waals surface area contributed by atoms with E-state index in [9.17, 15) is 18.0 Å². The Morgan fingerprint density at radius 3 is 2.31 bits per heavy atom. The summed E-state index contributed by atoms with van der Waals surface area (Å²) < 4.78 is 25.9. The van der Waals surface area contributed by atoms with Crippen LogP contribution in [0.15, 0.2) is 78.9 Å². The third-order valence-corrected chi connectivity index (χ3v) is 6.74. The lowest BCUT2D eigenvalue weighted by atomic mass is 10.1. The summed E-state index contributed by atoms with van der Waals surface area (Å²) in [7, 11) is -3.50. The van der Waals surface area contributed by atoms with Crippen LogP contribution in [0.3, 0.4) is 0 Å². The molecule has 35 heavy (non-hydrogen) atoms. The fourth-order valence-corrected chi connectivity index (χ4v) is 4.71. The molecular weight excluding hydrogens is 462 g/mol. The van der Waals surface area contributed by atoms with E-state index >= 15 is 0 Å². The maximum atomic E-state index is 12.9. The quantitative estimate of drug-likeness (QED) is 0.429. The lowest BCUT2D eigenvalue weighted by Crippen LogP contribution is -2.31. The Balaban J connectivity index is 1.62. The fraction of sp³-hybridized carbons (Fsp3) is 0.259. The number of carbonyl (C=O) groups excluding carboxylic acids is 2. The molecule has 0 saturated carbocycles. The molecular formula is C27H31N3O4S. The second-order valence-electron chi connectivity index (χ2n) is 8.48. The Labute approximate surface area is 207 Å². The van der Waals surface area contributed by atoms with E-state index in [1.807, 2.05) is 50.2 Å². The predicted octanol–water partition coefficient (Wildman–Crippen LogP) is 4.67. The molecule has 8 heteroatoms. The van der Waals surface area contributed by atoms with Crippen LogP contribution in [0.5, 0.6) is 0 Å². The zero-order valence-electron chi connectivity index (χ0n) is 20.2. The van der Waals surface area contributed by atoms with Crippen molar-refractivity contribution in [1.29, 1.82) is 0 Å². The molecule has 0 radical (unpaired) electrons. The standard InChI is InChI=1S/C27H31N3O4S/c1-20-11-9-14-23(19-20)30(35(3,33)34)18-10-17-26(31)29-25-16-8-7-15-24(25)27(32)28-21(2)22-12-5-4-6-13-22/h4-9,11-16,19,21H,10,17-18H2,1-3H3,(H,28,32)(H,29,31). The summed E-state index contributed by atoms with van der Waals surface area (Å²) in [4.78, 5) is 25.5. The van der Waals surface area contributed by atoms with Crippen LogP contribution >= 0.6 is 0 Å². The van der Waals surface area contributed by atoms with Gasteiger partial charge >= 0.3 is 0 Å². The van der Waals surface area contributed by atoms with Gasteiger partial charge in [-0.3, -0.25) is 13.9 Å². The second kappa shape index (κ2) is 11.7. The summed E-state index contributed by atoms with van der Waals surface area (Å²) in [6.45, 7) is 3.97. The molecule has 1 atom stereocenters. The van der Waals surface area contributed by atoms with Gasteiger partial charge in [-0.15, -0.1) is 0 Å². The molecule has 0 heterocycles. The fourth-order valence-electron chi connectivity index (χ4n) is 3.75. The van der Waals surface area contributed by atoms with Gasteiger partial charge in [0.25, 0.3) is 5.91 Å². The average molecular weight is 494 g/mol. The number of nitrogens with zero attached hydrogens (tertiary/aromatic N) is 1.